The largest absolute Gasteiger partial charge is 0.433 e. The van der Waals surface area contributed by atoms with E-state index in [-0.39, 0.29) is 17.9 Å². The Morgan fingerprint density at radius 3 is 2.61 bits per heavy atom. The van der Waals surface area contributed by atoms with Crippen LogP contribution in [-0.4, -0.2) is 28.6 Å². The summed E-state index contributed by atoms with van der Waals surface area (Å²) in [6, 6.07) is 1.62. The van der Waals surface area contributed by atoms with Crippen molar-refractivity contribution in [1.29, 1.82) is 0 Å². The summed E-state index contributed by atoms with van der Waals surface area (Å²) in [5.41, 5.74) is 3.72. The summed E-state index contributed by atoms with van der Waals surface area (Å²) in [6.45, 7) is 1.39. The first-order valence-electron chi connectivity index (χ1n) is 5.01. The molecule has 1 amide bonds. The second-order valence-corrected chi connectivity index (χ2v) is 3.68. The molecule has 1 heterocycles. The molecule has 1 unspecified atom stereocenters. The van der Waals surface area contributed by atoms with E-state index in [0.29, 0.717) is 6.07 Å². The summed E-state index contributed by atoms with van der Waals surface area (Å²) in [5.74, 6) is -1.19. The summed E-state index contributed by atoms with van der Waals surface area (Å²) in [7, 11) is 0. The zero-order valence-electron chi connectivity index (χ0n) is 9.45. The van der Waals surface area contributed by atoms with Crippen LogP contribution in [0.4, 0.5) is 19.0 Å². The smallest absolute Gasteiger partial charge is 0.392 e. The number of anilines is 1. The molecular weight excluding hydrogens is 251 g/mol. The molecule has 18 heavy (non-hydrogen) atoms. The van der Waals surface area contributed by atoms with Crippen molar-refractivity contribution in [2.45, 2.75) is 19.2 Å². The molecule has 1 aromatic rings. The maximum atomic E-state index is 12.4. The average molecular weight is 263 g/mol. The molecule has 1 atom stereocenters. The van der Waals surface area contributed by atoms with Gasteiger partial charge in [0.15, 0.2) is 0 Å². The normalized spacial score (nSPS) is 13.2. The Bertz CT molecular complexity index is 446. The van der Waals surface area contributed by atoms with E-state index in [2.05, 4.69) is 10.3 Å². The van der Waals surface area contributed by atoms with Crippen LogP contribution in [0.15, 0.2) is 12.1 Å². The molecule has 8 heteroatoms. The van der Waals surface area contributed by atoms with Gasteiger partial charge in [0.2, 0.25) is 0 Å². The zero-order valence-corrected chi connectivity index (χ0v) is 9.45. The molecule has 0 aromatic carbocycles. The lowest BCUT2D eigenvalue weighted by molar-refractivity contribution is -0.141. The van der Waals surface area contributed by atoms with Crippen molar-refractivity contribution >= 4 is 11.7 Å². The van der Waals surface area contributed by atoms with E-state index < -0.39 is 23.9 Å². The van der Waals surface area contributed by atoms with Crippen LogP contribution in [0.5, 0.6) is 0 Å². The summed E-state index contributed by atoms with van der Waals surface area (Å²) in [4.78, 5) is 14.3. The third-order valence-corrected chi connectivity index (χ3v) is 2.02. The molecule has 0 aliphatic carbocycles. The summed E-state index contributed by atoms with van der Waals surface area (Å²) in [6.07, 6.45) is -5.42. The Morgan fingerprint density at radius 2 is 2.17 bits per heavy atom. The average Bonchev–Trinajstić information content (AvgIpc) is 2.24. The van der Waals surface area contributed by atoms with Crippen LogP contribution in [0.3, 0.4) is 0 Å². The highest BCUT2D eigenvalue weighted by molar-refractivity contribution is 5.97. The monoisotopic (exact) mass is 263 g/mol. The number of rotatable bonds is 4. The SMILES string of the molecule is CC(O)CNc1nc(C(F)(F)F)ccc1C(N)=O. The van der Waals surface area contributed by atoms with Gasteiger partial charge in [0.1, 0.15) is 11.5 Å². The van der Waals surface area contributed by atoms with Crippen molar-refractivity contribution in [3.8, 4) is 0 Å². The van der Waals surface area contributed by atoms with Gasteiger partial charge < -0.3 is 16.2 Å². The Hall–Kier alpha value is -1.83. The number of nitrogens with one attached hydrogen (secondary N) is 1. The van der Waals surface area contributed by atoms with Crippen LogP contribution in [0.25, 0.3) is 0 Å². The molecule has 0 saturated heterocycles. The van der Waals surface area contributed by atoms with Gasteiger partial charge in [0, 0.05) is 6.54 Å². The lowest BCUT2D eigenvalue weighted by atomic mass is 10.2. The number of amides is 1. The first-order chi connectivity index (χ1) is 8.21. The van der Waals surface area contributed by atoms with E-state index in [1.807, 2.05) is 0 Å². The molecule has 1 rings (SSSR count). The van der Waals surface area contributed by atoms with Crippen molar-refractivity contribution in [1.82, 2.24) is 4.98 Å². The molecule has 0 spiro atoms. The van der Waals surface area contributed by atoms with Crippen LogP contribution in [0, 0.1) is 0 Å². The third kappa shape index (κ3) is 3.59. The number of primary amides is 1. The fourth-order valence-electron chi connectivity index (χ4n) is 1.19. The Morgan fingerprint density at radius 1 is 1.56 bits per heavy atom. The van der Waals surface area contributed by atoms with Gasteiger partial charge >= 0.3 is 6.18 Å². The van der Waals surface area contributed by atoms with Gasteiger partial charge in [-0.3, -0.25) is 4.79 Å². The van der Waals surface area contributed by atoms with Crippen LogP contribution < -0.4 is 11.1 Å². The number of aliphatic hydroxyl groups is 1. The number of carbonyl (C=O) groups is 1. The topological polar surface area (TPSA) is 88.2 Å². The third-order valence-electron chi connectivity index (χ3n) is 2.02. The van der Waals surface area contributed by atoms with E-state index in [0.717, 1.165) is 6.07 Å². The summed E-state index contributed by atoms with van der Waals surface area (Å²) in [5, 5.41) is 11.5. The molecule has 1 aromatic heterocycles. The number of aromatic nitrogens is 1. The Balaban J connectivity index is 3.12. The highest BCUT2D eigenvalue weighted by Gasteiger charge is 2.33. The van der Waals surface area contributed by atoms with Crippen LogP contribution in [0.2, 0.25) is 0 Å². The highest BCUT2D eigenvalue weighted by atomic mass is 19.4. The Kier molecular flexibility index (Phi) is 4.12. The molecule has 0 saturated carbocycles. The minimum absolute atomic E-state index is 0.0470. The van der Waals surface area contributed by atoms with Gasteiger partial charge in [0.25, 0.3) is 5.91 Å². The first kappa shape index (κ1) is 14.2. The van der Waals surface area contributed by atoms with Crippen LogP contribution >= 0.6 is 0 Å². The number of aliphatic hydroxyl groups excluding tert-OH is 1. The molecule has 0 bridgehead atoms. The maximum Gasteiger partial charge on any atom is 0.433 e. The van der Waals surface area contributed by atoms with Gasteiger partial charge in [-0.1, -0.05) is 0 Å². The fraction of sp³-hybridized carbons (Fsp3) is 0.400. The predicted molar refractivity (Wildman–Crippen MR) is 57.9 cm³/mol. The molecule has 0 aliphatic rings. The zero-order chi connectivity index (χ0) is 13.9. The second kappa shape index (κ2) is 5.21. The molecule has 100 valence electrons. The van der Waals surface area contributed by atoms with Gasteiger partial charge in [-0.2, -0.15) is 13.2 Å². The van der Waals surface area contributed by atoms with Crippen molar-refractivity contribution < 1.29 is 23.1 Å². The number of carbonyl (C=O) groups excluding carboxylic acids is 1. The number of nitrogens with zero attached hydrogens (tertiary/aromatic N) is 1. The molecule has 4 N–H and O–H groups in total. The van der Waals surface area contributed by atoms with Gasteiger partial charge in [-0.15, -0.1) is 0 Å². The quantitative estimate of drug-likeness (QED) is 0.756. The molecule has 0 aliphatic heterocycles. The van der Waals surface area contributed by atoms with E-state index in [9.17, 15) is 18.0 Å². The van der Waals surface area contributed by atoms with Gasteiger partial charge in [0.05, 0.1) is 11.7 Å². The number of pyridine rings is 1. The summed E-state index contributed by atoms with van der Waals surface area (Å²) < 4.78 is 37.3. The first-order valence-corrected chi connectivity index (χ1v) is 5.01. The highest BCUT2D eigenvalue weighted by Crippen LogP contribution is 2.29. The van der Waals surface area contributed by atoms with E-state index in [1.165, 1.54) is 6.92 Å². The number of halogens is 3. The van der Waals surface area contributed by atoms with E-state index in [4.69, 9.17) is 10.8 Å². The van der Waals surface area contributed by atoms with Crippen molar-refractivity contribution in [3.63, 3.8) is 0 Å². The minimum atomic E-state index is -4.61. The predicted octanol–water partition coefficient (Wildman–Crippen LogP) is 0.992. The van der Waals surface area contributed by atoms with E-state index >= 15 is 0 Å². The van der Waals surface area contributed by atoms with Gasteiger partial charge in [-0.05, 0) is 19.1 Å². The fourth-order valence-corrected chi connectivity index (χ4v) is 1.19. The molecule has 0 radical (unpaired) electrons. The second-order valence-electron chi connectivity index (χ2n) is 3.68. The van der Waals surface area contributed by atoms with E-state index in [1.54, 1.807) is 0 Å². The van der Waals surface area contributed by atoms with Crippen molar-refractivity contribution in [3.05, 3.63) is 23.4 Å². The maximum absolute atomic E-state index is 12.4. The van der Waals surface area contributed by atoms with Gasteiger partial charge in [-0.25, -0.2) is 4.98 Å². The number of nitrogens with two attached hydrogens (primary N) is 1. The van der Waals surface area contributed by atoms with Crippen LogP contribution in [0.1, 0.15) is 23.0 Å². The minimum Gasteiger partial charge on any atom is -0.392 e. The number of hydrogen-bond acceptors (Lipinski definition) is 4. The molecule has 5 nitrogen and oxygen atoms in total. The Labute approximate surface area is 101 Å². The standard InChI is InChI=1S/C10H12F3N3O2/c1-5(17)4-15-9-6(8(14)18)2-3-7(16-9)10(11,12)13/h2-3,5,17H,4H2,1H3,(H2,14,18)(H,15,16). The van der Waals surface area contributed by atoms with Crippen molar-refractivity contribution in [2.75, 3.05) is 11.9 Å². The number of hydrogen-bond donors (Lipinski definition) is 3. The molecule has 0 fully saturated rings. The summed E-state index contributed by atoms with van der Waals surface area (Å²) >= 11 is 0. The van der Waals surface area contributed by atoms with Crippen LogP contribution in [-0.2, 0) is 6.18 Å². The molecular formula is C10H12F3N3O2. The number of alkyl halides is 3. The lowest BCUT2D eigenvalue weighted by Gasteiger charge is -2.13. The lowest BCUT2D eigenvalue weighted by Crippen LogP contribution is -2.22. The van der Waals surface area contributed by atoms with Crippen molar-refractivity contribution in [2.24, 2.45) is 5.73 Å².